The Hall–Kier alpha value is -1.35. The van der Waals surface area contributed by atoms with Crippen molar-refractivity contribution in [2.75, 3.05) is 13.7 Å². The number of aliphatic hydroxyl groups excluding tert-OH is 2. The standard InChI is InChI=1S/C16H21NO3S/c1-17(13-7-2-3-8-14(13)19)16(20)15-10-9-12(21-15)6-4-5-11-18/h9-10,13-14,18-19H,2-3,5,7-8,11H2,1H3. The molecule has 2 atom stereocenters. The van der Waals surface area contributed by atoms with E-state index in [4.69, 9.17) is 5.11 Å². The molecule has 0 radical (unpaired) electrons. The fraction of sp³-hybridized carbons (Fsp3) is 0.562. The first-order valence-corrected chi connectivity index (χ1v) is 8.10. The van der Waals surface area contributed by atoms with Crippen molar-refractivity contribution in [1.29, 1.82) is 0 Å². The number of hydrogen-bond acceptors (Lipinski definition) is 4. The van der Waals surface area contributed by atoms with Crippen molar-refractivity contribution in [2.45, 2.75) is 44.2 Å². The van der Waals surface area contributed by atoms with Crippen LogP contribution in [0, 0.1) is 11.8 Å². The lowest BCUT2D eigenvalue weighted by atomic mass is 9.91. The molecule has 5 heteroatoms. The Morgan fingerprint density at radius 1 is 1.43 bits per heavy atom. The third-order valence-corrected chi connectivity index (χ3v) is 4.77. The highest BCUT2D eigenvalue weighted by atomic mass is 32.1. The third kappa shape index (κ3) is 4.07. The maximum Gasteiger partial charge on any atom is 0.264 e. The molecule has 1 aromatic rings. The van der Waals surface area contributed by atoms with Crippen molar-refractivity contribution in [3.05, 3.63) is 21.9 Å². The van der Waals surface area contributed by atoms with Gasteiger partial charge in [-0.1, -0.05) is 24.7 Å². The molecule has 0 spiro atoms. The van der Waals surface area contributed by atoms with Gasteiger partial charge in [-0.3, -0.25) is 4.79 Å². The Kier molecular flexibility index (Phi) is 5.80. The monoisotopic (exact) mass is 307 g/mol. The van der Waals surface area contributed by atoms with Crippen LogP contribution >= 0.6 is 11.3 Å². The number of thiophene rings is 1. The normalized spacial score (nSPS) is 21.5. The van der Waals surface area contributed by atoms with Gasteiger partial charge < -0.3 is 15.1 Å². The SMILES string of the molecule is CN(C(=O)c1ccc(C#CCCO)s1)C1CCCCC1O. The smallest absolute Gasteiger partial charge is 0.264 e. The number of hydrogen-bond donors (Lipinski definition) is 2. The van der Waals surface area contributed by atoms with Gasteiger partial charge in [0, 0.05) is 13.5 Å². The highest BCUT2D eigenvalue weighted by molar-refractivity contribution is 7.14. The Balaban J connectivity index is 2.04. The van der Waals surface area contributed by atoms with Crippen LogP contribution in [0.4, 0.5) is 0 Å². The lowest BCUT2D eigenvalue weighted by Crippen LogP contribution is -2.46. The van der Waals surface area contributed by atoms with Gasteiger partial charge in [-0.05, 0) is 25.0 Å². The van der Waals surface area contributed by atoms with E-state index in [0.717, 1.165) is 30.6 Å². The average Bonchev–Trinajstić information content (AvgIpc) is 2.95. The van der Waals surface area contributed by atoms with E-state index >= 15 is 0 Å². The molecule has 1 saturated carbocycles. The van der Waals surface area contributed by atoms with Crippen LogP contribution in [0.15, 0.2) is 12.1 Å². The molecular formula is C16H21NO3S. The number of likely N-dealkylation sites (N-methyl/N-ethyl adjacent to an activating group) is 1. The summed E-state index contributed by atoms with van der Waals surface area (Å²) in [4.78, 5) is 15.6. The molecule has 4 nitrogen and oxygen atoms in total. The number of amides is 1. The van der Waals surface area contributed by atoms with Crippen LogP contribution in [0.25, 0.3) is 0 Å². The van der Waals surface area contributed by atoms with Crippen LogP contribution < -0.4 is 0 Å². The first kappa shape index (κ1) is 16.0. The molecule has 0 aliphatic heterocycles. The van der Waals surface area contributed by atoms with E-state index in [-0.39, 0.29) is 18.6 Å². The predicted molar refractivity (Wildman–Crippen MR) is 83.3 cm³/mol. The molecule has 0 aromatic carbocycles. The van der Waals surface area contributed by atoms with Gasteiger partial charge in [-0.25, -0.2) is 0 Å². The van der Waals surface area contributed by atoms with Crippen LogP contribution in [0.2, 0.25) is 0 Å². The van der Waals surface area contributed by atoms with E-state index in [1.165, 1.54) is 11.3 Å². The molecule has 1 aliphatic rings. The second-order valence-corrected chi connectivity index (χ2v) is 6.36. The molecule has 0 bridgehead atoms. The summed E-state index contributed by atoms with van der Waals surface area (Å²) in [6, 6.07) is 3.52. The van der Waals surface area contributed by atoms with E-state index in [1.54, 1.807) is 18.0 Å². The van der Waals surface area contributed by atoms with E-state index < -0.39 is 6.10 Å². The van der Waals surface area contributed by atoms with Gasteiger partial charge >= 0.3 is 0 Å². The maximum atomic E-state index is 12.5. The molecule has 1 heterocycles. The summed E-state index contributed by atoms with van der Waals surface area (Å²) in [6.07, 6.45) is 3.74. The van der Waals surface area contributed by atoms with Gasteiger partial charge in [-0.15, -0.1) is 11.3 Å². The zero-order valence-electron chi connectivity index (χ0n) is 12.2. The van der Waals surface area contributed by atoms with E-state index in [2.05, 4.69) is 11.8 Å². The van der Waals surface area contributed by atoms with Crippen LogP contribution in [-0.2, 0) is 0 Å². The quantitative estimate of drug-likeness (QED) is 0.838. The minimum Gasteiger partial charge on any atom is -0.395 e. The van der Waals surface area contributed by atoms with Crippen molar-refractivity contribution in [3.8, 4) is 11.8 Å². The van der Waals surface area contributed by atoms with Crippen LogP contribution in [0.3, 0.4) is 0 Å². The van der Waals surface area contributed by atoms with Crippen LogP contribution in [0.5, 0.6) is 0 Å². The Morgan fingerprint density at radius 3 is 2.90 bits per heavy atom. The molecule has 2 rings (SSSR count). The molecule has 0 saturated heterocycles. The summed E-state index contributed by atoms with van der Waals surface area (Å²) in [7, 11) is 1.76. The fourth-order valence-corrected chi connectivity index (χ4v) is 3.46. The molecule has 21 heavy (non-hydrogen) atoms. The van der Waals surface area contributed by atoms with E-state index in [1.807, 2.05) is 6.07 Å². The number of carbonyl (C=O) groups is 1. The van der Waals surface area contributed by atoms with E-state index in [0.29, 0.717) is 11.3 Å². The molecule has 1 amide bonds. The molecule has 1 aliphatic carbocycles. The largest absolute Gasteiger partial charge is 0.395 e. The second-order valence-electron chi connectivity index (χ2n) is 5.27. The highest BCUT2D eigenvalue weighted by Crippen LogP contribution is 2.25. The molecule has 2 unspecified atom stereocenters. The molecule has 1 aromatic heterocycles. The first-order chi connectivity index (χ1) is 10.1. The van der Waals surface area contributed by atoms with E-state index in [9.17, 15) is 9.90 Å². The van der Waals surface area contributed by atoms with Gasteiger partial charge in [0.1, 0.15) is 0 Å². The van der Waals surface area contributed by atoms with Gasteiger partial charge in [-0.2, -0.15) is 0 Å². The molecular weight excluding hydrogens is 286 g/mol. The van der Waals surface area contributed by atoms with Crippen molar-refractivity contribution in [1.82, 2.24) is 4.90 Å². The zero-order chi connectivity index (χ0) is 15.2. The zero-order valence-corrected chi connectivity index (χ0v) is 13.0. The van der Waals surface area contributed by atoms with Gasteiger partial charge in [0.2, 0.25) is 0 Å². The Morgan fingerprint density at radius 2 is 2.19 bits per heavy atom. The van der Waals surface area contributed by atoms with Gasteiger partial charge in [0.05, 0.1) is 28.5 Å². The average molecular weight is 307 g/mol. The van der Waals surface area contributed by atoms with Gasteiger partial charge in [0.25, 0.3) is 5.91 Å². The number of aliphatic hydroxyl groups is 2. The number of nitrogens with zero attached hydrogens (tertiary/aromatic N) is 1. The number of carbonyl (C=O) groups excluding carboxylic acids is 1. The molecule has 114 valence electrons. The summed E-state index contributed by atoms with van der Waals surface area (Å²) in [5.41, 5.74) is 0. The van der Waals surface area contributed by atoms with Crippen LogP contribution in [-0.4, -0.2) is 46.8 Å². The summed E-state index contributed by atoms with van der Waals surface area (Å²) in [6.45, 7) is 0.0481. The first-order valence-electron chi connectivity index (χ1n) is 7.28. The van der Waals surface area contributed by atoms with Crippen molar-refractivity contribution < 1.29 is 15.0 Å². The maximum absolute atomic E-state index is 12.5. The molecule has 2 N–H and O–H groups in total. The van der Waals surface area contributed by atoms with Crippen molar-refractivity contribution in [2.24, 2.45) is 0 Å². The lowest BCUT2D eigenvalue weighted by Gasteiger charge is -2.34. The third-order valence-electron chi connectivity index (χ3n) is 3.78. The topological polar surface area (TPSA) is 60.8 Å². The highest BCUT2D eigenvalue weighted by Gasteiger charge is 2.30. The summed E-state index contributed by atoms with van der Waals surface area (Å²) < 4.78 is 0. The summed E-state index contributed by atoms with van der Waals surface area (Å²) in [5, 5.41) is 18.7. The predicted octanol–water partition coefficient (Wildman–Crippen LogP) is 1.86. The Bertz CT molecular complexity index is 543. The Labute approximate surface area is 129 Å². The minimum atomic E-state index is -0.420. The minimum absolute atomic E-state index is 0.0481. The molecule has 1 fully saturated rings. The van der Waals surface area contributed by atoms with Gasteiger partial charge in [0.15, 0.2) is 0 Å². The van der Waals surface area contributed by atoms with Crippen LogP contribution in [0.1, 0.15) is 46.7 Å². The second kappa shape index (κ2) is 7.60. The fourth-order valence-electron chi connectivity index (χ4n) is 2.59. The van der Waals surface area contributed by atoms with Crippen molar-refractivity contribution in [3.63, 3.8) is 0 Å². The number of rotatable bonds is 3. The summed E-state index contributed by atoms with van der Waals surface area (Å²) in [5.74, 6) is 5.73. The summed E-state index contributed by atoms with van der Waals surface area (Å²) >= 11 is 1.36. The van der Waals surface area contributed by atoms with Crippen molar-refractivity contribution >= 4 is 17.2 Å². The lowest BCUT2D eigenvalue weighted by molar-refractivity contribution is 0.0271.